The third-order valence-electron chi connectivity index (χ3n) is 9.15. The summed E-state index contributed by atoms with van der Waals surface area (Å²) in [4.78, 5) is 57.2. The van der Waals surface area contributed by atoms with E-state index in [2.05, 4.69) is 11.1 Å². The lowest BCUT2D eigenvalue weighted by molar-refractivity contribution is -0.156. The molecule has 1 N–H and O–H groups in total. The molecule has 8 nitrogen and oxygen atoms in total. The van der Waals surface area contributed by atoms with E-state index in [4.69, 9.17) is 9.47 Å². The van der Waals surface area contributed by atoms with Crippen molar-refractivity contribution in [3.8, 4) is 5.75 Å². The molecule has 3 aromatic rings. The summed E-state index contributed by atoms with van der Waals surface area (Å²) < 4.78 is 11.0. The summed E-state index contributed by atoms with van der Waals surface area (Å²) in [5.74, 6) is -1.34. The number of fused-ring (bicyclic) bond motifs is 9. The van der Waals surface area contributed by atoms with Crippen LogP contribution >= 0.6 is 23.1 Å². The van der Waals surface area contributed by atoms with Crippen LogP contribution in [0.4, 0.5) is 0 Å². The number of aromatic amines is 1. The largest absolute Gasteiger partial charge is 0.489 e. The van der Waals surface area contributed by atoms with Gasteiger partial charge in [0.25, 0.3) is 0 Å². The summed E-state index contributed by atoms with van der Waals surface area (Å²) in [6, 6.07) is 17.0. The van der Waals surface area contributed by atoms with Gasteiger partial charge in [-0.2, -0.15) is 0 Å². The second-order valence-electron chi connectivity index (χ2n) is 11.1. The molecule has 3 heterocycles. The fraction of sp³-hybridized carbons (Fsp3) is 0.400. The maximum atomic E-state index is 13.7. The van der Waals surface area contributed by atoms with Gasteiger partial charge in [0.2, 0.25) is 11.8 Å². The standard InChI is InChI=1S/C30H28N2O6S2/c1-14(29(35)37-2)32-27(33)22-18-12-19(23(22)28(32)34)24-21(18)20(25-26(39-24)31-30(36)40-25)16-9-6-10-17(11-16)38-13-15-7-4-3-5-8-15/h3-11,14,18-24H,12-13H2,1-2H3,(H,31,36). The van der Waals surface area contributed by atoms with Crippen LogP contribution in [0, 0.1) is 29.6 Å². The summed E-state index contributed by atoms with van der Waals surface area (Å²) in [6.45, 7) is 2.00. The molecule has 2 bridgehead atoms. The second kappa shape index (κ2) is 9.62. The number of benzene rings is 2. The Kier molecular flexibility index (Phi) is 6.16. The van der Waals surface area contributed by atoms with E-state index >= 15 is 0 Å². The van der Waals surface area contributed by atoms with Crippen LogP contribution in [0.1, 0.15) is 35.3 Å². The van der Waals surface area contributed by atoms with Gasteiger partial charge in [-0.15, -0.1) is 11.8 Å². The maximum Gasteiger partial charge on any atom is 0.328 e. The quantitative estimate of drug-likeness (QED) is 0.349. The van der Waals surface area contributed by atoms with Crippen LogP contribution in [0.3, 0.4) is 0 Å². The molecule has 2 aromatic carbocycles. The second-order valence-corrected chi connectivity index (χ2v) is 13.3. The number of ether oxygens (including phenoxy) is 2. The fourth-order valence-electron chi connectivity index (χ4n) is 7.61. The summed E-state index contributed by atoms with van der Waals surface area (Å²) in [7, 11) is 1.26. The van der Waals surface area contributed by atoms with Gasteiger partial charge >= 0.3 is 10.8 Å². The molecule has 4 aliphatic rings. The van der Waals surface area contributed by atoms with Crippen LogP contribution in [0.25, 0.3) is 0 Å². The number of esters is 1. The predicted octanol–water partition coefficient (Wildman–Crippen LogP) is 4.05. The van der Waals surface area contributed by atoms with Crippen LogP contribution in [0.2, 0.25) is 0 Å². The molecule has 8 unspecified atom stereocenters. The number of nitrogens with one attached hydrogen (secondary N) is 1. The minimum atomic E-state index is -0.947. The number of carbonyl (C=O) groups excluding carboxylic acids is 3. The zero-order valence-corrected chi connectivity index (χ0v) is 23.6. The zero-order chi connectivity index (χ0) is 27.7. The van der Waals surface area contributed by atoms with Gasteiger partial charge in [0, 0.05) is 16.0 Å². The van der Waals surface area contributed by atoms with Gasteiger partial charge in [-0.05, 0) is 54.4 Å². The van der Waals surface area contributed by atoms with Gasteiger partial charge in [0.1, 0.15) is 18.4 Å². The Morgan fingerprint density at radius 3 is 2.55 bits per heavy atom. The molecule has 1 aromatic heterocycles. The summed E-state index contributed by atoms with van der Waals surface area (Å²) in [6.07, 6.45) is 0.787. The number of thiazole rings is 1. The Morgan fingerprint density at radius 1 is 1.05 bits per heavy atom. The number of carbonyl (C=O) groups is 3. The highest BCUT2D eigenvalue weighted by atomic mass is 32.2. The molecule has 206 valence electrons. The highest BCUT2D eigenvalue weighted by Gasteiger charge is 2.70. The van der Waals surface area contributed by atoms with Crippen molar-refractivity contribution in [3.05, 3.63) is 80.3 Å². The number of hydrogen-bond donors (Lipinski definition) is 1. The molecule has 2 amide bonds. The maximum absolute atomic E-state index is 13.7. The van der Waals surface area contributed by atoms with Crippen molar-refractivity contribution >= 4 is 40.9 Å². The normalized spacial score (nSPS) is 30.6. The van der Waals surface area contributed by atoms with E-state index in [1.165, 1.54) is 18.4 Å². The molecular formula is C30H28N2O6S2. The number of aromatic nitrogens is 1. The number of likely N-dealkylation sites (tertiary alicyclic amines) is 1. The van der Waals surface area contributed by atoms with E-state index in [0.29, 0.717) is 6.61 Å². The van der Waals surface area contributed by atoms with Crippen molar-refractivity contribution in [2.24, 2.45) is 29.6 Å². The molecule has 2 aliphatic heterocycles. The van der Waals surface area contributed by atoms with Crippen LogP contribution < -0.4 is 9.61 Å². The molecule has 3 fully saturated rings. The number of thioether (sulfide) groups is 1. The van der Waals surface area contributed by atoms with Crippen molar-refractivity contribution in [1.82, 2.24) is 9.88 Å². The minimum Gasteiger partial charge on any atom is -0.489 e. The van der Waals surface area contributed by atoms with Gasteiger partial charge < -0.3 is 14.5 Å². The molecule has 0 radical (unpaired) electrons. The lowest BCUT2D eigenvalue weighted by Gasteiger charge is -2.43. The van der Waals surface area contributed by atoms with Gasteiger partial charge in [0.05, 0.1) is 24.0 Å². The first kappa shape index (κ1) is 25.6. The topological polar surface area (TPSA) is 106 Å². The van der Waals surface area contributed by atoms with Crippen molar-refractivity contribution in [2.45, 2.75) is 42.2 Å². The monoisotopic (exact) mass is 576 g/mol. The van der Waals surface area contributed by atoms with Crippen molar-refractivity contribution in [3.63, 3.8) is 0 Å². The SMILES string of the molecule is COC(=O)C(C)N1C(=O)C2C3CC(C2C1=O)C1C(c2cccc(OCc4ccccc4)c2)c2sc(=O)[nH]c2SC31. The number of H-pyrrole nitrogens is 1. The van der Waals surface area contributed by atoms with Gasteiger partial charge in [-0.1, -0.05) is 53.8 Å². The first-order valence-electron chi connectivity index (χ1n) is 13.5. The molecule has 0 spiro atoms. The van der Waals surface area contributed by atoms with Crippen LogP contribution in [-0.2, 0) is 25.7 Å². The molecule has 8 atom stereocenters. The first-order chi connectivity index (χ1) is 19.4. The van der Waals surface area contributed by atoms with E-state index in [1.807, 2.05) is 48.5 Å². The third-order valence-corrected chi connectivity index (χ3v) is 11.7. The van der Waals surface area contributed by atoms with Crippen molar-refractivity contribution < 1.29 is 23.9 Å². The third kappa shape index (κ3) is 3.79. The van der Waals surface area contributed by atoms with Crippen molar-refractivity contribution in [1.29, 1.82) is 0 Å². The molecule has 2 aliphatic carbocycles. The molecule has 10 heteroatoms. The number of nitrogens with zero attached hydrogens (tertiary/aromatic N) is 1. The van der Waals surface area contributed by atoms with E-state index in [9.17, 15) is 19.2 Å². The molecule has 2 saturated carbocycles. The number of amides is 2. The number of hydrogen-bond acceptors (Lipinski definition) is 8. The van der Waals surface area contributed by atoms with Gasteiger partial charge in [-0.3, -0.25) is 19.3 Å². The summed E-state index contributed by atoms with van der Waals surface area (Å²) >= 11 is 2.87. The molecule has 1 saturated heterocycles. The Bertz CT molecular complexity index is 1570. The van der Waals surface area contributed by atoms with E-state index in [-0.39, 0.29) is 45.6 Å². The smallest absolute Gasteiger partial charge is 0.328 e. The predicted molar refractivity (Wildman–Crippen MR) is 149 cm³/mol. The summed E-state index contributed by atoms with van der Waals surface area (Å²) in [5, 5.41) is 0.936. The van der Waals surface area contributed by atoms with Crippen LogP contribution in [0.15, 0.2) is 64.4 Å². The minimum absolute atomic E-state index is 0.00661. The van der Waals surface area contributed by atoms with E-state index in [0.717, 1.165) is 38.1 Å². The lowest BCUT2D eigenvalue weighted by atomic mass is 9.68. The van der Waals surface area contributed by atoms with Crippen LogP contribution in [-0.4, -0.2) is 46.1 Å². The van der Waals surface area contributed by atoms with Crippen molar-refractivity contribution in [2.75, 3.05) is 7.11 Å². The average Bonchev–Trinajstić information content (AvgIpc) is 3.70. The zero-order valence-electron chi connectivity index (χ0n) is 21.9. The van der Waals surface area contributed by atoms with Gasteiger partial charge in [-0.25, -0.2) is 4.79 Å². The number of methoxy groups -OCH3 is 1. The fourth-order valence-corrected chi connectivity index (χ4v) is 10.5. The van der Waals surface area contributed by atoms with Gasteiger partial charge in [0.15, 0.2) is 0 Å². The Morgan fingerprint density at radius 2 is 1.80 bits per heavy atom. The Labute approximate surface area is 239 Å². The Hall–Kier alpha value is -3.37. The highest BCUT2D eigenvalue weighted by molar-refractivity contribution is 8.00. The van der Waals surface area contributed by atoms with E-state index < -0.39 is 23.8 Å². The molecule has 40 heavy (non-hydrogen) atoms. The average molecular weight is 577 g/mol. The molecular weight excluding hydrogens is 548 g/mol. The van der Waals surface area contributed by atoms with Crippen LogP contribution in [0.5, 0.6) is 5.75 Å². The molecule has 7 rings (SSSR count). The Balaban J connectivity index is 1.24. The number of imide groups is 1. The lowest BCUT2D eigenvalue weighted by Crippen LogP contribution is -2.45. The summed E-state index contributed by atoms with van der Waals surface area (Å²) in [5.41, 5.74) is 2.11. The first-order valence-corrected chi connectivity index (χ1v) is 15.2. The van der Waals surface area contributed by atoms with E-state index in [1.54, 1.807) is 18.7 Å². The highest BCUT2D eigenvalue weighted by Crippen LogP contribution is 2.68. The number of rotatable bonds is 6.